The number of aryl methyl sites for hydroxylation is 1. The Morgan fingerprint density at radius 2 is 2.39 bits per heavy atom. The summed E-state index contributed by atoms with van der Waals surface area (Å²) in [5, 5.41) is 17.2. The van der Waals surface area contributed by atoms with E-state index >= 15 is 0 Å². The third kappa shape index (κ3) is 2.85. The van der Waals surface area contributed by atoms with Crippen molar-refractivity contribution in [2.75, 3.05) is 0 Å². The summed E-state index contributed by atoms with van der Waals surface area (Å²) in [6.07, 6.45) is 6.09. The number of ether oxygens (including phenoxy) is 1. The fraction of sp³-hybridized carbons (Fsp3) is 0.545. The van der Waals surface area contributed by atoms with Gasteiger partial charge in [-0.1, -0.05) is 16.4 Å². The zero-order valence-electron chi connectivity index (χ0n) is 10.2. The molecule has 96 valence electrons. The first-order chi connectivity index (χ1) is 8.83. The molecule has 1 N–H and O–H groups in total. The van der Waals surface area contributed by atoms with Crippen LogP contribution < -0.4 is 10.1 Å². The van der Waals surface area contributed by atoms with Crippen LogP contribution in [-0.2, 0) is 13.1 Å². The van der Waals surface area contributed by atoms with Crippen molar-refractivity contribution in [1.82, 2.24) is 25.3 Å². The van der Waals surface area contributed by atoms with Gasteiger partial charge in [-0.05, 0) is 19.8 Å². The molecule has 1 fully saturated rings. The Kier molecular flexibility index (Phi) is 3.24. The van der Waals surface area contributed by atoms with E-state index in [9.17, 15) is 0 Å². The second kappa shape index (κ2) is 5.03. The van der Waals surface area contributed by atoms with E-state index in [0.29, 0.717) is 17.0 Å². The second-order valence-corrected chi connectivity index (χ2v) is 5.28. The van der Waals surface area contributed by atoms with Crippen molar-refractivity contribution >= 4 is 11.3 Å². The molecule has 2 heterocycles. The summed E-state index contributed by atoms with van der Waals surface area (Å²) in [4.78, 5) is 0. The fourth-order valence-electron chi connectivity index (χ4n) is 1.54. The number of rotatable bonds is 6. The molecule has 1 aliphatic carbocycles. The van der Waals surface area contributed by atoms with Crippen LogP contribution in [0.15, 0.2) is 12.4 Å². The lowest BCUT2D eigenvalue weighted by Gasteiger charge is -1.96. The summed E-state index contributed by atoms with van der Waals surface area (Å²) in [6, 6.07) is 0.682. The van der Waals surface area contributed by atoms with Crippen LogP contribution in [0, 0.1) is 0 Å². The van der Waals surface area contributed by atoms with Crippen LogP contribution in [0.4, 0.5) is 0 Å². The maximum Gasteiger partial charge on any atom is 0.299 e. The molecule has 0 bridgehead atoms. The van der Waals surface area contributed by atoms with E-state index in [-0.39, 0.29) is 0 Å². The number of hydrogen-bond donors (Lipinski definition) is 1. The minimum Gasteiger partial charge on any atom is -0.426 e. The van der Waals surface area contributed by atoms with Gasteiger partial charge < -0.3 is 10.1 Å². The van der Waals surface area contributed by atoms with Crippen molar-refractivity contribution < 1.29 is 4.74 Å². The first-order valence-electron chi connectivity index (χ1n) is 6.09. The molecule has 1 aliphatic rings. The van der Waals surface area contributed by atoms with Gasteiger partial charge in [0, 0.05) is 12.6 Å². The highest BCUT2D eigenvalue weighted by atomic mass is 32.1. The first-order valence-corrected chi connectivity index (χ1v) is 6.91. The predicted octanol–water partition coefficient (Wildman–Crippen LogP) is 1.80. The molecule has 0 aliphatic heterocycles. The van der Waals surface area contributed by atoms with Gasteiger partial charge in [0.2, 0.25) is 0 Å². The Hall–Kier alpha value is -1.47. The average Bonchev–Trinajstić information content (AvgIpc) is 2.93. The molecular weight excluding hydrogens is 250 g/mol. The molecule has 2 aromatic heterocycles. The van der Waals surface area contributed by atoms with Gasteiger partial charge in [-0.25, -0.2) is 0 Å². The summed E-state index contributed by atoms with van der Waals surface area (Å²) >= 11 is 1.47. The molecule has 0 radical (unpaired) electrons. The van der Waals surface area contributed by atoms with Gasteiger partial charge in [0.15, 0.2) is 5.75 Å². The summed E-state index contributed by atoms with van der Waals surface area (Å²) in [6.45, 7) is 3.64. The van der Waals surface area contributed by atoms with Crippen molar-refractivity contribution in [1.29, 1.82) is 0 Å². The van der Waals surface area contributed by atoms with Crippen LogP contribution in [0.3, 0.4) is 0 Å². The lowest BCUT2D eigenvalue weighted by atomic mass is 10.6. The molecule has 6 nitrogen and oxygen atoms in total. The Morgan fingerprint density at radius 1 is 1.50 bits per heavy atom. The lowest BCUT2D eigenvalue weighted by Crippen LogP contribution is -2.14. The maximum absolute atomic E-state index is 5.60. The smallest absolute Gasteiger partial charge is 0.299 e. The Balaban J connectivity index is 1.58. The van der Waals surface area contributed by atoms with Crippen LogP contribution in [0.1, 0.15) is 24.8 Å². The molecule has 1 saturated carbocycles. The standard InChI is InChI=1S/C11H15N5OS/c1-2-16-7-9(5-13-16)17-11-15-14-10(18-11)6-12-8-3-4-8/h5,7-8,12H,2-4,6H2,1H3. The highest BCUT2D eigenvalue weighted by Gasteiger charge is 2.20. The maximum atomic E-state index is 5.60. The number of aromatic nitrogens is 4. The second-order valence-electron chi connectivity index (χ2n) is 4.25. The molecular formula is C11H15N5OS. The van der Waals surface area contributed by atoms with Crippen LogP contribution in [0.25, 0.3) is 0 Å². The summed E-state index contributed by atoms with van der Waals surface area (Å²) in [5.41, 5.74) is 0. The molecule has 7 heteroatoms. The van der Waals surface area contributed by atoms with Crippen molar-refractivity contribution in [3.05, 3.63) is 17.4 Å². The van der Waals surface area contributed by atoms with Gasteiger partial charge in [0.1, 0.15) is 5.01 Å². The fourth-order valence-corrected chi connectivity index (χ4v) is 2.20. The SMILES string of the molecule is CCn1cc(Oc2nnc(CNC3CC3)s2)cn1. The zero-order valence-corrected chi connectivity index (χ0v) is 11.0. The molecule has 0 spiro atoms. The van der Waals surface area contributed by atoms with Crippen molar-refractivity contribution in [3.8, 4) is 10.9 Å². The van der Waals surface area contributed by atoms with Gasteiger partial charge in [0.05, 0.1) is 18.9 Å². The Morgan fingerprint density at radius 3 is 3.11 bits per heavy atom. The van der Waals surface area contributed by atoms with Crippen LogP contribution in [-0.4, -0.2) is 26.0 Å². The van der Waals surface area contributed by atoms with Gasteiger partial charge in [-0.15, -0.1) is 5.10 Å². The summed E-state index contributed by atoms with van der Waals surface area (Å²) in [7, 11) is 0. The van der Waals surface area contributed by atoms with Gasteiger partial charge in [-0.3, -0.25) is 4.68 Å². The molecule has 3 rings (SSSR count). The zero-order chi connectivity index (χ0) is 12.4. The van der Waals surface area contributed by atoms with Gasteiger partial charge in [-0.2, -0.15) is 5.10 Å². The highest BCUT2D eigenvalue weighted by molar-refractivity contribution is 7.13. The van der Waals surface area contributed by atoms with Crippen LogP contribution >= 0.6 is 11.3 Å². The molecule has 2 aromatic rings. The minimum absolute atomic E-state index is 0.568. The molecule has 0 amide bonds. The molecule has 0 atom stereocenters. The Labute approximate surface area is 109 Å². The quantitative estimate of drug-likeness (QED) is 0.862. The van der Waals surface area contributed by atoms with Crippen molar-refractivity contribution in [3.63, 3.8) is 0 Å². The monoisotopic (exact) mass is 265 g/mol. The third-order valence-corrected chi connectivity index (χ3v) is 3.51. The number of nitrogens with one attached hydrogen (secondary N) is 1. The van der Waals surface area contributed by atoms with Gasteiger partial charge >= 0.3 is 0 Å². The normalized spacial score (nSPS) is 14.9. The average molecular weight is 265 g/mol. The van der Waals surface area contributed by atoms with E-state index in [1.54, 1.807) is 6.20 Å². The molecule has 0 unspecified atom stereocenters. The first kappa shape index (κ1) is 11.6. The highest BCUT2D eigenvalue weighted by Crippen LogP contribution is 2.25. The molecule has 0 saturated heterocycles. The largest absolute Gasteiger partial charge is 0.426 e. The summed E-state index contributed by atoms with van der Waals surface area (Å²) in [5.74, 6) is 0.703. The molecule has 0 aromatic carbocycles. The van der Waals surface area contributed by atoms with Crippen LogP contribution in [0.2, 0.25) is 0 Å². The Bertz CT molecular complexity index is 519. The molecule has 18 heavy (non-hydrogen) atoms. The van der Waals surface area contributed by atoms with E-state index < -0.39 is 0 Å². The van der Waals surface area contributed by atoms with E-state index in [1.807, 2.05) is 17.8 Å². The van der Waals surface area contributed by atoms with E-state index in [4.69, 9.17) is 4.74 Å². The van der Waals surface area contributed by atoms with Crippen molar-refractivity contribution in [2.45, 2.75) is 38.9 Å². The van der Waals surface area contributed by atoms with Gasteiger partial charge in [0.25, 0.3) is 5.19 Å². The van der Waals surface area contributed by atoms with E-state index in [0.717, 1.165) is 18.1 Å². The lowest BCUT2D eigenvalue weighted by molar-refractivity contribution is 0.471. The number of hydrogen-bond acceptors (Lipinski definition) is 6. The third-order valence-electron chi connectivity index (χ3n) is 2.71. The predicted molar refractivity (Wildman–Crippen MR) is 67.7 cm³/mol. The topological polar surface area (TPSA) is 64.9 Å². The minimum atomic E-state index is 0.568. The van der Waals surface area contributed by atoms with Crippen molar-refractivity contribution in [2.24, 2.45) is 0 Å². The number of nitrogens with zero attached hydrogens (tertiary/aromatic N) is 4. The van der Waals surface area contributed by atoms with E-state index in [2.05, 4.69) is 20.6 Å². The van der Waals surface area contributed by atoms with Crippen LogP contribution in [0.5, 0.6) is 10.9 Å². The summed E-state index contributed by atoms with van der Waals surface area (Å²) < 4.78 is 7.41. The van der Waals surface area contributed by atoms with E-state index in [1.165, 1.54) is 24.2 Å².